The van der Waals surface area contributed by atoms with Crippen LogP contribution in [-0.2, 0) is 11.3 Å². The highest BCUT2D eigenvalue weighted by atomic mass is 79.9. The van der Waals surface area contributed by atoms with Gasteiger partial charge in [-0.2, -0.15) is 5.10 Å². The second-order valence-corrected chi connectivity index (χ2v) is 7.63. The van der Waals surface area contributed by atoms with Gasteiger partial charge in [0.1, 0.15) is 5.75 Å². The monoisotopic (exact) mass is 468 g/mol. The molecule has 0 unspecified atom stereocenters. The molecule has 1 aromatic heterocycles. The molecule has 1 amide bonds. The normalized spacial score (nSPS) is 10.8. The maximum absolute atomic E-state index is 12.2. The topological polar surface area (TPSA) is 71.9 Å². The molecule has 29 heavy (non-hydrogen) atoms. The number of hydrogen-bond donors (Lipinski definition) is 2. The first-order valence-corrected chi connectivity index (χ1v) is 10.1. The number of halogens is 1. The number of carbonyl (C=O) groups is 1. The van der Waals surface area contributed by atoms with E-state index in [1.54, 1.807) is 4.57 Å². The minimum Gasteiger partial charge on any atom is -0.484 e. The number of carbonyl (C=O) groups excluding carboxylic acids is 1. The van der Waals surface area contributed by atoms with E-state index in [1.165, 1.54) is 0 Å². The van der Waals surface area contributed by atoms with E-state index in [2.05, 4.69) is 31.4 Å². The summed E-state index contributed by atoms with van der Waals surface area (Å²) in [6.07, 6.45) is 0. The molecule has 0 saturated carbocycles. The largest absolute Gasteiger partial charge is 0.484 e. The lowest BCUT2D eigenvalue weighted by Crippen LogP contribution is -2.29. The molecule has 0 aliphatic heterocycles. The van der Waals surface area contributed by atoms with E-state index in [0.717, 1.165) is 20.9 Å². The maximum atomic E-state index is 12.2. The summed E-state index contributed by atoms with van der Waals surface area (Å²) in [7, 11) is 0. The number of H-pyrrole nitrogens is 1. The highest BCUT2D eigenvalue weighted by molar-refractivity contribution is 9.10. The fourth-order valence-corrected chi connectivity index (χ4v) is 3.46. The Balaban J connectivity index is 1.38. The van der Waals surface area contributed by atoms with E-state index in [0.29, 0.717) is 16.3 Å². The average Bonchev–Trinajstić information content (AvgIpc) is 3.11. The molecule has 0 saturated heterocycles. The molecule has 2 N–H and O–H groups in total. The van der Waals surface area contributed by atoms with Crippen molar-refractivity contribution in [3.8, 4) is 11.4 Å². The molecule has 146 valence electrons. The minimum atomic E-state index is -0.241. The van der Waals surface area contributed by atoms with Gasteiger partial charge in [-0.1, -0.05) is 46.3 Å². The van der Waals surface area contributed by atoms with Crippen molar-refractivity contribution in [1.82, 2.24) is 20.1 Å². The van der Waals surface area contributed by atoms with E-state index in [4.69, 9.17) is 17.0 Å². The Hall–Kier alpha value is -2.97. The van der Waals surface area contributed by atoms with Crippen molar-refractivity contribution in [1.29, 1.82) is 0 Å². The van der Waals surface area contributed by atoms with Crippen molar-refractivity contribution in [3.63, 3.8) is 0 Å². The van der Waals surface area contributed by atoms with E-state index in [9.17, 15) is 4.79 Å². The van der Waals surface area contributed by atoms with Gasteiger partial charge in [0, 0.05) is 10.2 Å². The molecule has 8 heteroatoms. The Kier molecular flexibility index (Phi) is 5.73. The van der Waals surface area contributed by atoms with Gasteiger partial charge < -0.3 is 10.1 Å². The Morgan fingerprint density at radius 1 is 1.10 bits per heavy atom. The number of ether oxygens (including phenoxy) is 1. The number of rotatable bonds is 6. The summed E-state index contributed by atoms with van der Waals surface area (Å²) in [6.45, 7) is 0.144. The van der Waals surface area contributed by atoms with E-state index in [1.807, 2.05) is 66.7 Å². The van der Waals surface area contributed by atoms with Crippen LogP contribution in [0.4, 0.5) is 0 Å². The fraction of sp³-hybridized carbons (Fsp3) is 0.0952. The van der Waals surface area contributed by atoms with E-state index in [-0.39, 0.29) is 19.1 Å². The Morgan fingerprint density at radius 3 is 2.66 bits per heavy atom. The van der Waals surface area contributed by atoms with Crippen LogP contribution < -0.4 is 10.1 Å². The number of benzene rings is 3. The lowest BCUT2D eigenvalue weighted by molar-refractivity contribution is -0.123. The van der Waals surface area contributed by atoms with Crippen LogP contribution in [0.3, 0.4) is 0 Å². The number of fused-ring (bicyclic) bond motifs is 1. The molecule has 4 rings (SSSR count). The van der Waals surface area contributed by atoms with Crippen LogP contribution in [0.5, 0.6) is 5.75 Å². The maximum Gasteiger partial charge on any atom is 0.258 e. The van der Waals surface area contributed by atoms with Crippen LogP contribution in [0.25, 0.3) is 16.5 Å². The van der Waals surface area contributed by atoms with E-state index >= 15 is 0 Å². The van der Waals surface area contributed by atoms with Crippen LogP contribution in [0.15, 0.2) is 71.2 Å². The molecular formula is C21H17BrN4O2S. The summed E-state index contributed by atoms with van der Waals surface area (Å²) in [5.74, 6) is 1.02. The lowest BCUT2D eigenvalue weighted by atomic mass is 10.1. The first kappa shape index (κ1) is 19.4. The van der Waals surface area contributed by atoms with Crippen molar-refractivity contribution < 1.29 is 9.53 Å². The zero-order chi connectivity index (χ0) is 20.2. The highest BCUT2D eigenvalue weighted by Gasteiger charge is 2.10. The quantitative estimate of drug-likeness (QED) is 0.407. The summed E-state index contributed by atoms with van der Waals surface area (Å²) in [4.78, 5) is 12.2. The van der Waals surface area contributed by atoms with Crippen molar-refractivity contribution in [3.05, 3.63) is 81.8 Å². The van der Waals surface area contributed by atoms with Crippen molar-refractivity contribution in [2.24, 2.45) is 0 Å². The standard InChI is InChI=1S/C21H17BrN4O2S/c22-16-6-8-17(9-7-16)26-19(24-25-21(26)29)12-23-20(27)13-28-18-10-5-14-3-1-2-4-15(14)11-18/h1-11H,12-13H2,(H,23,27)(H,25,29). The Bertz CT molecular complexity index is 1220. The van der Waals surface area contributed by atoms with Crippen LogP contribution in [-0.4, -0.2) is 27.3 Å². The molecule has 4 aromatic rings. The van der Waals surface area contributed by atoms with Crippen molar-refractivity contribution in [2.75, 3.05) is 6.61 Å². The molecule has 0 bridgehead atoms. The molecule has 1 heterocycles. The van der Waals surface area contributed by atoms with Gasteiger partial charge in [-0.15, -0.1) is 0 Å². The average molecular weight is 469 g/mol. The third kappa shape index (κ3) is 4.55. The summed E-state index contributed by atoms with van der Waals surface area (Å²) < 4.78 is 8.84. The van der Waals surface area contributed by atoms with Gasteiger partial charge in [-0.3, -0.25) is 14.5 Å². The smallest absolute Gasteiger partial charge is 0.258 e. The van der Waals surface area contributed by atoms with Gasteiger partial charge in [-0.05, 0) is 59.4 Å². The molecule has 0 aliphatic carbocycles. The number of amides is 1. The van der Waals surface area contributed by atoms with Gasteiger partial charge >= 0.3 is 0 Å². The second kappa shape index (κ2) is 8.59. The first-order valence-electron chi connectivity index (χ1n) is 8.91. The molecule has 0 atom stereocenters. The predicted molar refractivity (Wildman–Crippen MR) is 118 cm³/mol. The zero-order valence-corrected chi connectivity index (χ0v) is 17.7. The number of hydrogen-bond acceptors (Lipinski definition) is 4. The summed E-state index contributed by atoms with van der Waals surface area (Å²) in [5.41, 5.74) is 0.864. The molecule has 3 aromatic carbocycles. The molecule has 6 nitrogen and oxygen atoms in total. The predicted octanol–water partition coefficient (Wildman–Crippen LogP) is 4.54. The molecule has 0 fully saturated rings. The molecule has 0 radical (unpaired) electrons. The van der Waals surface area contributed by atoms with Crippen molar-refractivity contribution >= 4 is 44.8 Å². The minimum absolute atomic E-state index is 0.0816. The number of nitrogens with zero attached hydrogens (tertiary/aromatic N) is 2. The van der Waals surface area contributed by atoms with Crippen LogP contribution in [0.2, 0.25) is 0 Å². The molecular weight excluding hydrogens is 452 g/mol. The third-order valence-corrected chi connectivity index (χ3v) is 5.16. The van der Waals surface area contributed by atoms with Gasteiger partial charge in [-0.25, -0.2) is 0 Å². The van der Waals surface area contributed by atoms with Gasteiger partial charge in [0.2, 0.25) is 0 Å². The summed E-state index contributed by atoms with van der Waals surface area (Å²) in [6, 6.07) is 21.4. The lowest BCUT2D eigenvalue weighted by Gasteiger charge is -2.10. The SMILES string of the molecule is O=C(COc1ccc2ccccc2c1)NCc1n[nH]c(=S)n1-c1ccc(Br)cc1. The molecule has 0 aliphatic rings. The Labute approximate surface area is 180 Å². The zero-order valence-electron chi connectivity index (χ0n) is 15.3. The third-order valence-electron chi connectivity index (χ3n) is 4.36. The first-order chi connectivity index (χ1) is 14.1. The Morgan fingerprint density at radius 2 is 1.86 bits per heavy atom. The number of nitrogens with one attached hydrogen (secondary N) is 2. The van der Waals surface area contributed by atoms with Crippen LogP contribution in [0.1, 0.15) is 5.82 Å². The molecule has 0 spiro atoms. The van der Waals surface area contributed by atoms with Gasteiger partial charge in [0.05, 0.1) is 6.54 Å². The van der Waals surface area contributed by atoms with Crippen LogP contribution >= 0.6 is 28.1 Å². The summed E-state index contributed by atoms with van der Waals surface area (Å²) >= 11 is 8.73. The van der Waals surface area contributed by atoms with Crippen LogP contribution in [0, 0.1) is 4.77 Å². The summed E-state index contributed by atoms with van der Waals surface area (Å²) in [5, 5.41) is 12.0. The number of aromatic amines is 1. The fourth-order valence-electron chi connectivity index (χ4n) is 2.94. The number of aromatic nitrogens is 3. The highest BCUT2D eigenvalue weighted by Crippen LogP contribution is 2.20. The van der Waals surface area contributed by atoms with Crippen molar-refractivity contribution in [2.45, 2.75) is 6.54 Å². The second-order valence-electron chi connectivity index (χ2n) is 6.33. The van der Waals surface area contributed by atoms with Gasteiger partial charge in [0.15, 0.2) is 17.2 Å². The van der Waals surface area contributed by atoms with E-state index < -0.39 is 0 Å². The van der Waals surface area contributed by atoms with Gasteiger partial charge in [0.25, 0.3) is 5.91 Å².